The van der Waals surface area contributed by atoms with Crippen molar-refractivity contribution in [2.45, 2.75) is 13.8 Å². The Labute approximate surface area is 75.8 Å². The van der Waals surface area contributed by atoms with Gasteiger partial charge in [-0.3, -0.25) is 0 Å². The van der Waals surface area contributed by atoms with E-state index < -0.39 is 0 Å². The molecule has 0 spiro atoms. The second-order valence-corrected chi connectivity index (χ2v) is 3.24. The van der Waals surface area contributed by atoms with Gasteiger partial charge in [-0.25, -0.2) is 4.79 Å². The summed E-state index contributed by atoms with van der Waals surface area (Å²) in [5, 5.41) is 1.60. The highest BCUT2D eigenvalue weighted by atomic mass is 16.4. The van der Waals surface area contributed by atoms with E-state index in [1.165, 1.54) is 0 Å². The van der Waals surface area contributed by atoms with Crippen LogP contribution < -0.4 is 5.63 Å². The molecule has 2 heteroatoms. The third-order valence-corrected chi connectivity index (χ3v) is 2.04. The van der Waals surface area contributed by atoms with Crippen LogP contribution in [0.1, 0.15) is 11.3 Å². The van der Waals surface area contributed by atoms with Crippen molar-refractivity contribution in [3.8, 4) is 0 Å². The van der Waals surface area contributed by atoms with Gasteiger partial charge in [0.15, 0.2) is 0 Å². The van der Waals surface area contributed by atoms with Gasteiger partial charge in [0.05, 0.1) is 5.39 Å². The van der Waals surface area contributed by atoms with Crippen LogP contribution in [0.15, 0.2) is 33.5 Å². The molecule has 0 aliphatic rings. The maximum absolute atomic E-state index is 11.3. The molecule has 1 aromatic heterocycles. The van der Waals surface area contributed by atoms with Crippen LogP contribution in [0.25, 0.3) is 10.8 Å². The van der Waals surface area contributed by atoms with Gasteiger partial charge in [-0.2, -0.15) is 0 Å². The van der Waals surface area contributed by atoms with Crippen LogP contribution in [-0.2, 0) is 0 Å². The number of fused-ring (bicyclic) bond motifs is 1. The smallest absolute Gasteiger partial charge is 0.343 e. The summed E-state index contributed by atoms with van der Waals surface area (Å²) in [6, 6.07) is 7.58. The summed E-state index contributed by atoms with van der Waals surface area (Å²) < 4.78 is 4.97. The Morgan fingerprint density at radius 3 is 2.69 bits per heavy atom. The quantitative estimate of drug-likeness (QED) is 0.614. The predicted octanol–water partition coefficient (Wildman–Crippen LogP) is 2.41. The van der Waals surface area contributed by atoms with Crippen molar-refractivity contribution in [2.24, 2.45) is 0 Å². The van der Waals surface area contributed by atoms with Gasteiger partial charge in [-0.05, 0) is 31.4 Å². The average molecular weight is 174 g/mol. The molecule has 2 aromatic rings. The lowest BCUT2D eigenvalue weighted by Crippen LogP contribution is -1.99. The maximum atomic E-state index is 11.3. The lowest BCUT2D eigenvalue weighted by molar-refractivity contribution is 0.488. The highest BCUT2D eigenvalue weighted by Crippen LogP contribution is 2.13. The first kappa shape index (κ1) is 8.05. The van der Waals surface area contributed by atoms with Gasteiger partial charge >= 0.3 is 5.63 Å². The fraction of sp³-hybridized carbons (Fsp3) is 0.182. The highest BCUT2D eigenvalue weighted by Gasteiger charge is 2.00. The van der Waals surface area contributed by atoms with Crippen LogP contribution in [-0.4, -0.2) is 0 Å². The minimum Gasteiger partial charge on any atom is -0.428 e. The van der Waals surface area contributed by atoms with Crippen LogP contribution in [0.3, 0.4) is 0 Å². The van der Waals surface area contributed by atoms with E-state index >= 15 is 0 Å². The van der Waals surface area contributed by atoms with Crippen LogP contribution in [0.4, 0.5) is 0 Å². The van der Waals surface area contributed by atoms with E-state index in [4.69, 9.17) is 4.42 Å². The summed E-state index contributed by atoms with van der Waals surface area (Å²) >= 11 is 0. The molecule has 1 heterocycles. The largest absolute Gasteiger partial charge is 0.428 e. The Hall–Kier alpha value is -1.57. The molecule has 0 atom stereocenters. The van der Waals surface area contributed by atoms with Crippen LogP contribution in [0.5, 0.6) is 0 Å². The van der Waals surface area contributed by atoms with E-state index in [9.17, 15) is 4.79 Å². The minimum atomic E-state index is -0.255. The SMILES string of the molecule is Cc1ccc2c(=O)oc(C)cc2c1. The molecule has 0 fully saturated rings. The second kappa shape index (κ2) is 2.73. The molecule has 13 heavy (non-hydrogen) atoms. The van der Waals surface area contributed by atoms with Gasteiger partial charge in [0.1, 0.15) is 5.76 Å². The Morgan fingerprint density at radius 2 is 1.92 bits per heavy atom. The predicted molar refractivity (Wildman–Crippen MR) is 52.0 cm³/mol. The molecule has 0 N–H and O–H groups in total. The van der Waals surface area contributed by atoms with Gasteiger partial charge in [-0.1, -0.05) is 17.7 Å². The molecule has 1 aromatic carbocycles. The lowest BCUT2D eigenvalue weighted by Gasteiger charge is -1.98. The third kappa shape index (κ3) is 1.35. The molecule has 0 unspecified atom stereocenters. The summed E-state index contributed by atoms with van der Waals surface area (Å²) in [7, 11) is 0. The molecule has 0 saturated carbocycles. The third-order valence-electron chi connectivity index (χ3n) is 2.04. The number of rotatable bonds is 0. The molecule has 0 saturated heterocycles. The Kier molecular flexibility index (Phi) is 1.69. The van der Waals surface area contributed by atoms with Crippen molar-refractivity contribution < 1.29 is 4.42 Å². The van der Waals surface area contributed by atoms with Crippen molar-refractivity contribution in [2.75, 3.05) is 0 Å². The van der Waals surface area contributed by atoms with Crippen molar-refractivity contribution in [1.29, 1.82) is 0 Å². The number of benzene rings is 1. The highest BCUT2D eigenvalue weighted by molar-refractivity contribution is 5.81. The first-order valence-electron chi connectivity index (χ1n) is 4.18. The zero-order valence-electron chi connectivity index (χ0n) is 7.63. The van der Waals surface area contributed by atoms with E-state index in [0.29, 0.717) is 11.1 Å². The summed E-state index contributed by atoms with van der Waals surface area (Å²) in [5.74, 6) is 0.656. The van der Waals surface area contributed by atoms with Gasteiger partial charge < -0.3 is 4.42 Å². The molecule has 0 amide bonds. The Morgan fingerprint density at radius 1 is 1.15 bits per heavy atom. The van der Waals surface area contributed by atoms with E-state index in [1.807, 2.05) is 25.1 Å². The molecule has 2 nitrogen and oxygen atoms in total. The van der Waals surface area contributed by atoms with E-state index in [2.05, 4.69) is 0 Å². The van der Waals surface area contributed by atoms with E-state index in [-0.39, 0.29) is 5.63 Å². The van der Waals surface area contributed by atoms with Crippen molar-refractivity contribution >= 4 is 10.8 Å². The van der Waals surface area contributed by atoms with Gasteiger partial charge in [0, 0.05) is 0 Å². The van der Waals surface area contributed by atoms with Crippen molar-refractivity contribution in [1.82, 2.24) is 0 Å². The summed E-state index contributed by atoms with van der Waals surface area (Å²) in [5.41, 5.74) is 0.896. The second-order valence-electron chi connectivity index (χ2n) is 3.24. The summed E-state index contributed by atoms with van der Waals surface area (Å²) in [4.78, 5) is 11.3. The normalized spacial score (nSPS) is 10.6. The molecule has 0 bridgehead atoms. The molecular weight excluding hydrogens is 164 g/mol. The van der Waals surface area contributed by atoms with Crippen LogP contribution in [0, 0.1) is 13.8 Å². The minimum absolute atomic E-state index is 0.255. The Bertz CT molecular complexity index is 504. The number of hydrogen-bond acceptors (Lipinski definition) is 2. The molecule has 66 valence electrons. The van der Waals surface area contributed by atoms with Crippen molar-refractivity contribution in [3.05, 3.63) is 46.0 Å². The standard InChI is InChI=1S/C11H10O2/c1-7-3-4-10-9(5-7)6-8(2)13-11(10)12/h3-6H,1-2H3. The first-order chi connectivity index (χ1) is 6.16. The fourth-order valence-corrected chi connectivity index (χ4v) is 1.44. The van der Waals surface area contributed by atoms with Crippen molar-refractivity contribution in [3.63, 3.8) is 0 Å². The molecular formula is C11H10O2. The first-order valence-corrected chi connectivity index (χ1v) is 4.18. The van der Waals surface area contributed by atoms with E-state index in [0.717, 1.165) is 10.9 Å². The summed E-state index contributed by atoms with van der Waals surface area (Å²) in [6.45, 7) is 3.78. The van der Waals surface area contributed by atoms with Gasteiger partial charge in [0.2, 0.25) is 0 Å². The molecule has 0 aliphatic carbocycles. The van der Waals surface area contributed by atoms with Gasteiger partial charge in [-0.15, -0.1) is 0 Å². The lowest BCUT2D eigenvalue weighted by atomic mass is 10.1. The zero-order valence-corrected chi connectivity index (χ0v) is 7.63. The number of hydrogen-bond donors (Lipinski definition) is 0. The van der Waals surface area contributed by atoms with Gasteiger partial charge in [0.25, 0.3) is 0 Å². The average Bonchev–Trinajstić information content (AvgIpc) is 2.02. The van der Waals surface area contributed by atoms with Crippen LogP contribution in [0.2, 0.25) is 0 Å². The number of aryl methyl sites for hydroxylation is 2. The summed E-state index contributed by atoms with van der Waals surface area (Å²) in [6.07, 6.45) is 0. The topological polar surface area (TPSA) is 30.2 Å². The maximum Gasteiger partial charge on any atom is 0.343 e. The monoisotopic (exact) mass is 174 g/mol. The molecule has 0 radical (unpaired) electrons. The Balaban J connectivity index is 2.95. The zero-order chi connectivity index (χ0) is 9.42. The molecule has 2 rings (SSSR count). The van der Waals surface area contributed by atoms with E-state index in [1.54, 1.807) is 13.0 Å². The molecule has 0 aliphatic heterocycles. The fourth-order valence-electron chi connectivity index (χ4n) is 1.44. The van der Waals surface area contributed by atoms with Crippen LogP contribution >= 0.6 is 0 Å².